The van der Waals surface area contributed by atoms with E-state index < -0.39 is 0 Å². The number of ether oxygens (including phenoxy) is 2. The van der Waals surface area contributed by atoms with Gasteiger partial charge in [-0.3, -0.25) is 0 Å². The zero-order valence-electron chi connectivity index (χ0n) is 10.2. The Morgan fingerprint density at radius 3 is 2.72 bits per heavy atom. The van der Waals surface area contributed by atoms with Crippen molar-refractivity contribution in [3.05, 3.63) is 29.2 Å². The molecule has 2 heterocycles. The molecule has 18 heavy (non-hydrogen) atoms. The third-order valence-electron chi connectivity index (χ3n) is 2.67. The fourth-order valence-corrected chi connectivity index (χ4v) is 1.99. The number of aromatic nitrogens is 2. The summed E-state index contributed by atoms with van der Waals surface area (Å²) >= 11 is 5.92. The van der Waals surface area contributed by atoms with Crippen LogP contribution in [0.15, 0.2) is 18.5 Å². The minimum absolute atomic E-state index is 0.269. The number of hydrogen-bond donors (Lipinski definition) is 1. The highest BCUT2D eigenvalue weighted by atomic mass is 35.5. The zero-order valence-corrected chi connectivity index (χ0v) is 10.9. The molecular weight excluding hydrogens is 254 g/mol. The van der Waals surface area contributed by atoms with E-state index in [0.29, 0.717) is 17.6 Å². The van der Waals surface area contributed by atoms with Gasteiger partial charge in [0.2, 0.25) is 5.88 Å². The lowest BCUT2D eigenvalue weighted by Crippen LogP contribution is -2.17. The molecule has 2 aromatic heterocycles. The van der Waals surface area contributed by atoms with Crippen molar-refractivity contribution in [3.63, 3.8) is 0 Å². The van der Waals surface area contributed by atoms with Gasteiger partial charge in [0, 0.05) is 19.5 Å². The van der Waals surface area contributed by atoms with Crippen molar-refractivity contribution in [3.8, 4) is 5.88 Å². The van der Waals surface area contributed by atoms with Crippen LogP contribution in [0.1, 0.15) is 11.6 Å². The third kappa shape index (κ3) is 2.38. The van der Waals surface area contributed by atoms with Gasteiger partial charge < -0.3 is 15.2 Å². The van der Waals surface area contributed by atoms with Gasteiger partial charge in [0.15, 0.2) is 0 Å². The molecule has 6 heteroatoms. The smallest absolute Gasteiger partial charge is 0.222 e. The Morgan fingerprint density at radius 1 is 1.28 bits per heavy atom. The van der Waals surface area contributed by atoms with Crippen LogP contribution in [0.5, 0.6) is 5.88 Å². The van der Waals surface area contributed by atoms with Crippen LogP contribution in [-0.4, -0.2) is 30.8 Å². The first kappa shape index (κ1) is 13.0. The second-order valence-corrected chi connectivity index (χ2v) is 4.22. The monoisotopic (exact) mass is 267 g/mol. The number of rotatable bonds is 4. The highest BCUT2D eigenvalue weighted by molar-refractivity contribution is 6.30. The maximum absolute atomic E-state index is 6.04. The summed E-state index contributed by atoms with van der Waals surface area (Å²) in [6.07, 6.45) is 3.31. The van der Waals surface area contributed by atoms with Crippen molar-refractivity contribution in [1.82, 2.24) is 9.97 Å². The van der Waals surface area contributed by atoms with Gasteiger partial charge in [-0.05, 0) is 17.0 Å². The number of fused-ring (bicyclic) bond motifs is 1. The summed E-state index contributed by atoms with van der Waals surface area (Å²) in [4.78, 5) is 8.25. The SMILES string of the molecule is COC[C@@H](N)c1cnc(OC)c2cnc(Cl)cc12. The van der Waals surface area contributed by atoms with Crippen LogP contribution in [0.25, 0.3) is 10.8 Å². The normalized spacial score (nSPS) is 12.7. The summed E-state index contributed by atoms with van der Waals surface area (Å²) in [7, 11) is 3.17. The van der Waals surface area contributed by atoms with Gasteiger partial charge in [0.05, 0.1) is 25.1 Å². The van der Waals surface area contributed by atoms with E-state index in [1.807, 2.05) is 0 Å². The van der Waals surface area contributed by atoms with Crippen LogP contribution in [0.4, 0.5) is 0 Å². The van der Waals surface area contributed by atoms with Crippen molar-refractivity contribution < 1.29 is 9.47 Å². The van der Waals surface area contributed by atoms with E-state index in [1.54, 1.807) is 32.7 Å². The van der Waals surface area contributed by atoms with E-state index in [2.05, 4.69) is 9.97 Å². The minimum Gasteiger partial charge on any atom is -0.481 e. The van der Waals surface area contributed by atoms with Gasteiger partial charge in [-0.2, -0.15) is 0 Å². The fraction of sp³-hybridized carbons (Fsp3) is 0.333. The Bertz CT molecular complexity index is 562. The highest BCUT2D eigenvalue weighted by Crippen LogP contribution is 2.29. The van der Waals surface area contributed by atoms with Crippen LogP contribution >= 0.6 is 11.6 Å². The molecule has 1 atom stereocenters. The number of pyridine rings is 2. The van der Waals surface area contributed by atoms with Gasteiger partial charge in [0.1, 0.15) is 5.15 Å². The second kappa shape index (κ2) is 5.48. The zero-order chi connectivity index (χ0) is 13.1. The molecule has 0 fully saturated rings. The van der Waals surface area contributed by atoms with Crippen LogP contribution in [-0.2, 0) is 4.74 Å². The average molecular weight is 268 g/mol. The Labute approximate surface area is 110 Å². The molecule has 0 saturated heterocycles. The molecule has 0 aliphatic heterocycles. The van der Waals surface area contributed by atoms with Crippen molar-refractivity contribution in [2.24, 2.45) is 5.73 Å². The molecule has 0 bridgehead atoms. The summed E-state index contributed by atoms with van der Waals surface area (Å²) in [6.45, 7) is 0.406. The minimum atomic E-state index is -0.269. The largest absolute Gasteiger partial charge is 0.481 e. The predicted octanol–water partition coefficient (Wildman–Crippen LogP) is 1.94. The molecule has 0 unspecified atom stereocenters. The van der Waals surface area contributed by atoms with E-state index in [1.165, 1.54) is 0 Å². The molecule has 2 N–H and O–H groups in total. The first-order chi connectivity index (χ1) is 8.67. The van der Waals surface area contributed by atoms with E-state index >= 15 is 0 Å². The van der Waals surface area contributed by atoms with E-state index in [-0.39, 0.29) is 6.04 Å². The molecule has 2 aromatic rings. The number of nitrogens with two attached hydrogens (primary N) is 1. The molecule has 0 saturated carbocycles. The second-order valence-electron chi connectivity index (χ2n) is 3.84. The Hall–Kier alpha value is -1.43. The highest BCUT2D eigenvalue weighted by Gasteiger charge is 2.14. The number of halogens is 1. The maximum Gasteiger partial charge on any atom is 0.222 e. The lowest BCUT2D eigenvalue weighted by atomic mass is 10.0. The van der Waals surface area contributed by atoms with Crippen molar-refractivity contribution in [1.29, 1.82) is 0 Å². The summed E-state index contributed by atoms with van der Waals surface area (Å²) in [5, 5.41) is 2.07. The van der Waals surface area contributed by atoms with Crippen molar-refractivity contribution in [2.45, 2.75) is 6.04 Å². The van der Waals surface area contributed by atoms with Crippen LogP contribution in [0.3, 0.4) is 0 Å². The number of nitrogens with zero attached hydrogens (tertiary/aromatic N) is 2. The predicted molar refractivity (Wildman–Crippen MR) is 69.9 cm³/mol. The quantitative estimate of drug-likeness (QED) is 0.857. The van der Waals surface area contributed by atoms with Crippen LogP contribution in [0.2, 0.25) is 5.15 Å². The van der Waals surface area contributed by atoms with E-state index in [0.717, 1.165) is 16.3 Å². The molecule has 0 radical (unpaired) electrons. The molecule has 5 nitrogen and oxygen atoms in total. The van der Waals surface area contributed by atoms with Gasteiger partial charge in [-0.25, -0.2) is 9.97 Å². The Kier molecular flexibility index (Phi) is 3.96. The summed E-state index contributed by atoms with van der Waals surface area (Å²) in [6, 6.07) is 1.49. The van der Waals surface area contributed by atoms with Gasteiger partial charge >= 0.3 is 0 Å². The number of hydrogen-bond acceptors (Lipinski definition) is 5. The summed E-state index contributed by atoms with van der Waals surface area (Å²) in [5.74, 6) is 0.502. The van der Waals surface area contributed by atoms with E-state index in [9.17, 15) is 0 Å². The lowest BCUT2D eigenvalue weighted by molar-refractivity contribution is 0.181. The molecular formula is C12H14ClN3O2. The van der Waals surface area contributed by atoms with Crippen LogP contribution < -0.4 is 10.5 Å². The van der Waals surface area contributed by atoms with Crippen molar-refractivity contribution in [2.75, 3.05) is 20.8 Å². The van der Waals surface area contributed by atoms with Gasteiger partial charge in [-0.1, -0.05) is 11.6 Å². The standard InChI is InChI=1S/C12H14ClN3O2/c1-17-6-10(14)8-4-16-12(18-2)9-5-15-11(13)3-7(8)9/h3-5,10H,6,14H2,1-2H3/t10-/m1/s1. The molecule has 2 rings (SSSR count). The Morgan fingerprint density at radius 2 is 2.06 bits per heavy atom. The first-order valence-electron chi connectivity index (χ1n) is 5.40. The van der Waals surface area contributed by atoms with Crippen molar-refractivity contribution >= 4 is 22.4 Å². The third-order valence-corrected chi connectivity index (χ3v) is 2.88. The lowest BCUT2D eigenvalue weighted by Gasteiger charge is -2.14. The Balaban J connectivity index is 2.64. The maximum atomic E-state index is 6.04. The molecule has 96 valence electrons. The average Bonchev–Trinajstić information content (AvgIpc) is 2.37. The van der Waals surface area contributed by atoms with E-state index in [4.69, 9.17) is 26.8 Å². The topological polar surface area (TPSA) is 70.3 Å². The number of methoxy groups -OCH3 is 2. The molecule has 0 aliphatic carbocycles. The first-order valence-corrected chi connectivity index (χ1v) is 5.77. The van der Waals surface area contributed by atoms with Crippen LogP contribution in [0, 0.1) is 0 Å². The molecule has 0 spiro atoms. The summed E-state index contributed by atoms with van der Waals surface area (Å²) in [5.41, 5.74) is 6.90. The fourth-order valence-electron chi connectivity index (χ4n) is 1.83. The van der Waals surface area contributed by atoms with Gasteiger partial charge in [-0.15, -0.1) is 0 Å². The summed E-state index contributed by atoms with van der Waals surface area (Å²) < 4.78 is 10.3. The van der Waals surface area contributed by atoms with Gasteiger partial charge in [0.25, 0.3) is 0 Å². The molecule has 0 amide bonds. The molecule has 0 aromatic carbocycles. The molecule has 0 aliphatic rings.